The van der Waals surface area contributed by atoms with Crippen LogP contribution in [0.4, 0.5) is 10.1 Å². The molecule has 8 nitrogen and oxygen atoms in total. The maximum Gasteiger partial charge on any atom is 0.335 e. The fourth-order valence-electron chi connectivity index (χ4n) is 7.96. The summed E-state index contributed by atoms with van der Waals surface area (Å²) in [5, 5.41) is 18.9. The van der Waals surface area contributed by atoms with E-state index >= 15 is 4.39 Å². The van der Waals surface area contributed by atoms with Crippen molar-refractivity contribution in [3.8, 4) is 5.75 Å². The van der Waals surface area contributed by atoms with Crippen molar-refractivity contribution in [1.82, 2.24) is 14.7 Å². The number of halogens is 3. The van der Waals surface area contributed by atoms with Gasteiger partial charge < -0.3 is 15.2 Å². The Morgan fingerprint density at radius 2 is 1.93 bits per heavy atom. The molecule has 4 heterocycles. The third kappa shape index (κ3) is 4.05. The van der Waals surface area contributed by atoms with E-state index in [1.54, 1.807) is 42.5 Å². The van der Waals surface area contributed by atoms with Crippen molar-refractivity contribution in [2.24, 2.45) is 0 Å². The second-order valence-corrected chi connectivity index (χ2v) is 12.8. The Hall–Kier alpha value is -4.44. The molecule has 3 aliphatic rings. The highest BCUT2D eigenvalue weighted by Crippen LogP contribution is 2.64. The van der Waals surface area contributed by atoms with Crippen molar-refractivity contribution in [2.75, 3.05) is 11.9 Å². The summed E-state index contributed by atoms with van der Waals surface area (Å²) < 4.78 is 24.0. The van der Waals surface area contributed by atoms with E-state index in [4.69, 9.17) is 33.0 Å². The molecule has 1 aromatic heterocycles. The summed E-state index contributed by atoms with van der Waals surface area (Å²) in [6.07, 6.45) is 0.495. The average Bonchev–Trinajstić information content (AvgIpc) is 3.72. The Kier molecular flexibility index (Phi) is 6.65. The number of aromatic carboxylic acids is 1. The summed E-state index contributed by atoms with van der Waals surface area (Å²) in [7, 11) is 0. The summed E-state index contributed by atoms with van der Waals surface area (Å²) in [5.74, 6) is -2.00. The van der Waals surface area contributed by atoms with Crippen LogP contribution < -0.4 is 10.1 Å². The quantitative estimate of drug-likeness (QED) is 0.201. The van der Waals surface area contributed by atoms with Crippen LogP contribution in [0.2, 0.25) is 10.0 Å². The number of ether oxygens (including phenoxy) is 1. The lowest BCUT2D eigenvalue weighted by Crippen LogP contribution is -2.52. The zero-order chi connectivity index (χ0) is 31.9. The van der Waals surface area contributed by atoms with Crippen molar-refractivity contribution in [2.45, 2.75) is 43.4 Å². The molecule has 4 atom stereocenters. The number of likely N-dealkylation sites (tertiary alicyclic amines) is 1. The molecule has 0 radical (unpaired) electrons. The predicted molar refractivity (Wildman–Crippen MR) is 172 cm³/mol. The van der Waals surface area contributed by atoms with Crippen molar-refractivity contribution >= 4 is 51.7 Å². The molecule has 0 bridgehead atoms. The molecule has 1 fully saturated rings. The zero-order valence-electron chi connectivity index (χ0n) is 24.5. The largest absolute Gasteiger partial charge is 0.494 e. The van der Waals surface area contributed by atoms with Gasteiger partial charge in [-0.3, -0.25) is 14.4 Å². The number of anilines is 1. The lowest BCUT2D eigenvalue weighted by atomic mass is 9.73. The average molecular weight is 658 g/mol. The first kappa shape index (κ1) is 29.0. The Morgan fingerprint density at radius 1 is 1.11 bits per heavy atom. The maximum atomic E-state index is 16.3. The number of carbonyl (C=O) groups is 2. The van der Waals surface area contributed by atoms with E-state index in [0.29, 0.717) is 52.7 Å². The third-order valence-electron chi connectivity index (χ3n) is 9.64. The smallest absolute Gasteiger partial charge is 0.335 e. The first-order valence-corrected chi connectivity index (χ1v) is 15.8. The summed E-state index contributed by atoms with van der Waals surface area (Å²) in [6, 6.07) is 22.0. The van der Waals surface area contributed by atoms with Crippen LogP contribution in [0.5, 0.6) is 5.75 Å². The Bertz CT molecular complexity index is 2100. The molecule has 0 unspecified atom stereocenters. The number of carboxylic acids is 1. The minimum atomic E-state index is -1.37. The van der Waals surface area contributed by atoms with Gasteiger partial charge in [0.2, 0.25) is 5.91 Å². The van der Waals surface area contributed by atoms with Gasteiger partial charge >= 0.3 is 5.97 Å². The predicted octanol–water partition coefficient (Wildman–Crippen LogP) is 7.19. The number of aromatic nitrogens is 2. The number of carbonyl (C=O) groups excluding carboxylic acids is 1. The molecule has 4 aromatic carbocycles. The zero-order valence-corrected chi connectivity index (χ0v) is 26.0. The number of fused-ring (bicyclic) bond motifs is 7. The number of rotatable bonds is 6. The molecule has 11 heteroatoms. The van der Waals surface area contributed by atoms with E-state index in [0.717, 1.165) is 16.6 Å². The van der Waals surface area contributed by atoms with Crippen LogP contribution in [-0.4, -0.2) is 44.3 Å². The molecular formula is C35H27Cl2FN4O4. The molecule has 46 heavy (non-hydrogen) atoms. The molecule has 1 saturated heterocycles. The number of nitrogens with zero attached hydrogens (tertiary/aromatic N) is 3. The van der Waals surface area contributed by atoms with Gasteiger partial charge in [0, 0.05) is 52.3 Å². The molecule has 2 N–H and O–H groups in total. The van der Waals surface area contributed by atoms with Gasteiger partial charge in [-0.25, -0.2) is 9.18 Å². The van der Waals surface area contributed by atoms with E-state index in [1.165, 1.54) is 6.07 Å². The second kappa shape index (κ2) is 10.6. The Labute approximate surface area is 273 Å². The fraction of sp³-hybridized carbons (Fsp3) is 0.229. The standard InChI is InChI=1S/C35H27Cl2FN4O4/c1-2-46-21-6-3-5-18(13-21)17-41-29-16-28-22-11-9-19(33(43)44)14-26(22)40-42(28)32(29)30(23-7-4-8-25(37)31(23)38)35(41)24-12-10-20(36)15-27(24)39-34(35)45/h3-15,29-30,32H,2,16-17H2,1H3,(H,39,45)(H,43,44)/t29-,30-,32+,35+/m0/s1. The lowest BCUT2D eigenvalue weighted by Gasteiger charge is -2.40. The molecule has 3 aliphatic heterocycles. The van der Waals surface area contributed by atoms with Gasteiger partial charge in [-0.15, -0.1) is 0 Å². The van der Waals surface area contributed by atoms with Gasteiger partial charge in [0.05, 0.1) is 28.8 Å². The van der Waals surface area contributed by atoms with E-state index in [1.807, 2.05) is 41.9 Å². The van der Waals surface area contributed by atoms with Gasteiger partial charge in [0.15, 0.2) is 0 Å². The van der Waals surface area contributed by atoms with Gasteiger partial charge in [-0.1, -0.05) is 59.6 Å². The SMILES string of the molecule is CCOc1cccc(CN2[C@H]3Cc4c5ccc(C(=O)O)cc5nn4[C@H]3[C@H](c3cccc(Cl)c3F)[C@]23C(=O)Nc2cc(Cl)ccc23)c1. The normalized spacial score (nSPS) is 23.0. The van der Waals surface area contributed by atoms with Crippen LogP contribution in [0, 0.1) is 5.82 Å². The molecule has 1 spiro atoms. The lowest BCUT2D eigenvalue weighted by molar-refractivity contribution is -0.128. The third-order valence-corrected chi connectivity index (χ3v) is 10.2. The van der Waals surface area contributed by atoms with Crippen molar-refractivity contribution < 1.29 is 23.8 Å². The Morgan fingerprint density at radius 3 is 2.74 bits per heavy atom. The molecular weight excluding hydrogens is 630 g/mol. The summed E-state index contributed by atoms with van der Waals surface area (Å²) in [6.45, 7) is 2.78. The van der Waals surface area contributed by atoms with Crippen molar-refractivity contribution in [3.63, 3.8) is 0 Å². The highest BCUT2D eigenvalue weighted by atomic mass is 35.5. The van der Waals surface area contributed by atoms with Crippen molar-refractivity contribution in [1.29, 1.82) is 0 Å². The molecule has 0 saturated carbocycles. The first-order valence-electron chi connectivity index (χ1n) is 15.0. The van der Waals surface area contributed by atoms with Crippen LogP contribution >= 0.6 is 23.2 Å². The molecule has 5 aromatic rings. The second-order valence-electron chi connectivity index (χ2n) is 11.9. The van der Waals surface area contributed by atoms with Gasteiger partial charge in [-0.2, -0.15) is 5.10 Å². The maximum absolute atomic E-state index is 16.3. The molecule has 0 aliphatic carbocycles. The van der Waals surface area contributed by atoms with Gasteiger partial charge in [0.1, 0.15) is 17.1 Å². The summed E-state index contributed by atoms with van der Waals surface area (Å²) in [5.41, 5.74) is 2.65. The van der Waals surface area contributed by atoms with E-state index < -0.39 is 29.3 Å². The summed E-state index contributed by atoms with van der Waals surface area (Å²) >= 11 is 12.8. The number of amides is 1. The molecule has 8 rings (SSSR count). The van der Waals surface area contributed by atoms with Crippen LogP contribution in [0.25, 0.3) is 10.9 Å². The Balaban J connectivity index is 1.40. The fourth-order valence-corrected chi connectivity index (χ4v) is 8.32. The van der Waals surface area contributed by atoms with E-state index in [2.05, 4.69) is 10.2 Å². The van der Waals surface area contributed by atoms with Crippen LogP contribution in [0.15, 0.2) is 78.9 Å². The van der Waals surface area contributed by atoms with E-state index in [9.17, 15) is 14.7 Å². The number of nitrogens with one attached hydrogen (secondary N) is 1. The number of carboxylic acid groups (broad SMARTS) is 1. The van der Waals surface area contributed by atoms with E-state index in [-0.39, 0.29) is 22.5 Å². The minimum Gasteiger partial charge on any atom is -0.494 e. The number of benzene rings is 4. The van der Waals surface area contributed by atoms with Crippen LogP contribution in [0.1, 0.15) is 51.6 Å². The molecule has 1 amide bonds. The highest BCUT2D eigenvalue weighted by molar-refractivity contribution is 6.31. The van der Waals surface area contributed by atoms with Crippen LogP contribution in [-0.2, 0) is 23.3 Å². The number of hydrogen-bond donors (Lipinski definition) is 2. The highest BCUT2D eigenvalue weighted by Gasteiger charge is 2.69. The molecule has 232 valence electrons. The first-order chi connectivity index (χ1) is 22.2. The minimum absolute atomic E-state index is 0.0447. The summed E-state index contributed by atoms with van der Waals surface area (Å²) in [4.78, 5) is 28.6. The van der Waals surface area contributed by atoms with Crippen molar-refractivity contribution in [3.05, 3.63) is 123 Å². The van der Waals surface area contributed by atoms with Gasteiger partial charge in [-0.05, 0) is 60.5 Å². The topological polar surface area (TPSA) is 96.7 Å². The van der Waals surface area contributed by atoms with Crippen LogP contribution in [0.3, 0.4) is 0 Å². The van der Waals surface area contributed by atoms with Gasteiger partial charge in [0.25, 0.3) is 0 Å². The number of hydrogen-bond acceptors (Lipinski definition) is 5. The monoisotopic (exact) mass is 656 g/mol.